The minimum absolute atomic E-state index is 0.205. The number of rotatable bonds is 5. The highest BCUT2D eigenvalue weighted by Gasteiger charge is 2.54. The Hall–Kier alpha value is -2.15. The van der Waals surface area contributed by atoms with Crippen molar-refractivity contribution in [1.29, 1.82) is 0 Å². The van der Waals surface area contributed by atoms with E-state index in [2.05, 4.69) is 10.2 Å². The van der Waals surface area contributed by atoms with Crippen LogP contribution in [-0.4, -0.2) is 26.9 Å². The van der Waals surface area contributed by atoms with Gasteiger partial charge < -0.3 is 9.47 Å². The molecule has 7 heteroatoms. The van der Waals surface area contributed by atoms with Crippen molar-refractivity contribution in [2.45, 2.75) is 50.5 Å². The minimum atomic E-state index is 0.205. The molecule has 28 heavy (non-hydrogen) atoms. The topological polar surface area (TPSA) is 61.5 Å². The maximum absolute atomic E-state index is 5.91. The lowest BCUT2D eigenvalue weighted by atomic mass is 9.49. The van der Waals surface area contributed by atoms with E-state index in [1.165, 1.54) is 38.5 Å². The van der Waals surface area contributed by atoms with Crippen molar-refractivity contribution in [3.63, 3.8) is 0 Å². The molecule has 4 aliphatic rings. The van der Waals surface area contributed by atoms with Gasteiger partial charge in [-0.2, -0.15) is 9.61 Å². The summed E-state index contributed by atoms with van der Waals surface area (Å²) in [6.45, 7) is 0.445. The first-order chi connectivity index (χ1) is 13.7. The summed E-state index contributed by atoms with van der Waals surface area (Å²) < 4.78 is 13.1. The van der Waals surface area contributed by atoms with Crippen LogP contribution in [0.1, 0.15) is 49.4 Å². The third-order valence-corrected chi connectivity index (χ3v) is 7.84. The van der Waals surface area contributed by atoms with Crippen molar-refractivity contribution < 1.29 is 9.47 Å². The molecule has 0 aliphatic heterocycles. The maximum atomic E-state index is 5.91. The molecule has 7 rings (SSSR count). The largest absolute Gasteiger partial charge is 0.497 e. The Kier molecular flexibility index (Phi) is 3.70. The van der Waals surface area contributed by atoms with Gasteiger partial charge >= 0.3 is 0 Å². The molecule has 0 radical (unpaired) electrons. The molecule has 3 aromatic rings. The summed E-state index contributed by atoms with van der Waals surface area (Å²) in [7, 11) is 1.66. The van der Waals surface area contributed by atoms with Gasteiger partial charge in [-0.15, -0.1) is 10.2 Å². The average molecular weight is 397 g/mol. The number of ether oxygens (including phenoxy) is 2. The van der Waals surface area contributed by atoms with E-state index in [0.717, 1.165) is 45.0 Å². The van der Waals surface area contributed by atoms with Gasteiger partial charge in [-0.25, -0.2) is 0 Å². The van der Waals surface area contributed by atoms with Crippen LogP contribution in [0.15, 0.2) is 24.3 Å². The summed E-state index contributed by atoms with van der Waals surface area (Å²) in [5.74, 6) is 5.40. The molecule has 0 unspecified atom stereocenters. The molecule has 4 saturated carbocycles. The van der Waals surface area contributed by atoms with Crippen LogP contribution in [-0.2, 0) is 12.0 Å². The molecule has 2 heterocycles. The highest BCUT2D eigenvalue weighted by molar-refractivity contribution is 7.16. The first-order valence-corrected chi connectivity index (χ1v) is 11.0. The van der Waals surface area contributed by atoms with Gasteiger partial charge in [0, 0.05) is 5.41 Å². The van der Waals surface area contributed by atoms with Crippen molar-refractivity contribution in [2.24, 2.45) is 17.8 Å². The Bertz CT molecular complexity index is 974. The SMILES string of the molecule is COc1ccc(OCc2nn3c(C45CC6CC(CC(C6)C4)C5)nnc3s2)cc1. The summed E-state index contributed by atoms with van der Waals surface area (Å²) in [5.41, 5.74) is 0.205. The summed E-state index contributed by atoms with van der Waals surface area (Å²) in [4.78, 5) is 0.888. The molecule has 1 aromatic carbocycles. The van der Waals surface area contributed by atoms with Crippen LogP contribution in [0.3, 0.4) is 0 Å². The fraction of sp³-hybridized carbons (Fsp3) is 0.571. The fourth-order valence-corrected chi connectivity index (χ4v) is 6.99. The molecule has 4 aliphatic carbocycles. The van der Waals surface area contributed by atoms with E-state index < -0.39 is 0 Å². The Morgan fingerprint density at radius 1 is 1.00 bits per heavy atom. The number of hydrogen-bond acceptors (Lipinski definition) is 6. The predicted molar refractivity (Wildman–Crippen MR) is 106 cm³/mol. The van der Waals surface area contributed by atoms with E-state index in [4.69, 9.17) is 14.6 Å². The monoisotopic (exact) mass is 396 g/mol. The standard InChI is InChI=1S/C21H24N4O2S/c1-26-16-2-4-17(5-3-16)27-12-18-24-25-19(22-23-20(25)28-18)21-9-13-6-14(10-21)8-15(7-13)11-21/h2-5,13-15H,6-12H2,1H3. The normalized spacial score (nSPS) is 30.8. The minimum Gasteiger partial charge on any atom is -0.497 e. The summed E-state index contributed by atoms with van der Waals surface area (Å²) in [6, 6.07) is 7.64. The van der Waals surface area contributed by atoms with Crippen molar-refractivity contribution in [1.82, 2.24) is 19.8 Å². The van der Waals surface area contributed by atoms with Crippen LogP contribution in [0, 0.1) is 17.8 Å². The highest BCUT2D eigenvalue weighted by Crippen LogP contribution is 2.60. The van der Waals surface area contributed by atoms with Gasteiger partial charge in [-0.1, -0.05) is 11.3 Å². The second-order valence-corrected chi connectivity index (χ2v) is 9.92. The zero-order valence-electron chi connectivity index (χ0n) is 16.0. The molecule has 6 nitrogen and oxygen atoms in total. The van der Waals surface area contributed by atoms with Gasteiger partial charge in [0.05, 0.1) is 7.11 Å². The van der Waals surface area contributed by atoms with Crippen LogP contribution in [0.4, 0.5) is 0 Å². The van der Waals surface area contributed by atoms with Crippen LogP contribution >= 0.6 is 11.3 Å². The van der Waals surface area contributed by atoms with Crippen LogP contribution in [0.25, 0.3) is 4.96 Å². The Morgan fingerprint density at radius 3 is 2.29 bits per heavy atom. The average Bonchev–Trinajstić information content (AvgIpc) is 3.26. The van der Waals surface area contributed by atoms with E-state index >= 15 is 0 Å². The molecule has 0 saturated heterocycles. The second-order valence-electron chi connectivity index (χ2n) is 8.88. The Labute approximate surface area is 167 Å². The number of fused-ring (bicyclic) bond motifs is 1. The molecular formula is C21H24N4O2S. The summed E-state index contributed by atoms with van der Waals surface area (Å²) in [5, 5.41) is 14.9. The molecule has 0 atom stereocenters. The number of nitrogens with zero attached hydrogens (tertiary/aromatic N) is 4. The van der Waals surface area contributed by atoms with Gasteiger partial charge in [0.2, 0.25) is 4.96 Å². The maximum Gasteiger partial charge on any atom is 0.234 e. The number of benzene rings is 1. The number of methoxy groups -OCH3 is 1. The zero-order chi connectivity index (χ0) is 18.7. The van der Waals surface area contributed by atoms with Gasteiger partial charge in [-0.3, -0.25) is 0 Å². The van der Waals surface area contributed by atoms with Crippen molar-refractivity contribution >= 4 is 16.3 Å². The van der Waals surface area contributed by atoms with Crippen molar-refractivity contribution in [2.75, 3.05) is 7.11 Å². The first kappa shape index (κ1) is 16.8. The predicted octanol–water partition coefficient (Wildman–Crippen LogP) is 4.24. The third kappa shape index (κ3) is 2.63. The van der Waals surface area contributed by atoms with E-state index in [1.807, 2.05) is 28.8 Å². The van der Waals surface area contributed by atoms with Gasteiger partial charge in [0.25, 0.3) is 0 Å². The zero-order valence-corrected chi connectivity index (χ0v) is 16.8. The molecule has 0 spiro atoms. The highest BCUT2D eigenvalue weighted by atomic mass is 32.1. The fourth-order valence-electron chi connectivity index (χ4n) is 6.25. The van der Waals surface area contributed by atoms with Crippen LogP contribution in [0.5, 0.6) is 11.5 Å². The quantitative estimate of drug-likeness (QED) is 0.645. The van der Waals surface area contributed by atoms with E-state index in [9.17, 15) is 0 Å². The Balaban J connectivity index is 1.25. The van der Waals surface area contributed by atoms with Crippen LogP contribution < -0.4 is 9.47 Å². The van der Waals surface area contributed by atoms with Crippen molar-refractivity contribution in [3.05, 3.63) is 35.1 Å². The van der Waals surface area contributed by atoms with E-state index in [0.29, 0.717) is 6.61 Å². The smallest absolute Gasteiger partial charge is 0.234 e. The molecule has 0 amide bonds. The second kappa shape index (κ2) is 6.17. The van der Waals surface area contributed by atoms with E-state index in [1.54, 1.807) is 18.4 Å². The van der Waals surface area contributed by atoms with E-state index in [-0.39, 0.29) is 5.41 Å². The van der Waals surface area contributed by atoms with Crippen LogP contribution in [0.2, 0.25) is 0 Å². The number of aromatic nitrogens is 4. The molecule has 4 bridgehead atoms. The summed E-state index contributed by atoms with van der Waals surface area (Å²) in [6.07, 6.45) is 8.11. The lowest BCUT2D eigenvalue weighted by Crippen LogP contribution is -2.49. The molecule has 146 valence electrons. The van der Waals surface area contributed by atoms with Crippen molar-refractivity contribution in [3.8, 4) is 11.5 Å². The summed E-state index contributed by atoms with van der Waals surface area (Å²) >= 11 is 1.58. The van der Waals surface area contributed by atoms with Gasteiger partial charge in [0.1, 0.15) is 18.1 Å². The Morgan fingerprint density at radius 2 is 1.64 bits per heavy atom. The third-order valence-electron chi connectivity index (χ3n) is 6.97. The first-order valence-electron chi connectivity index (χ1n) is 10.2. The lowest BCUT2D eigenvalue weighted by Gasteiger charge is -2.55. The molecular weight excluding hydrogens is 372 g/mol. The molecule has 0 N–H and O–H groups in total. The molecule has 2 aromatic heterocycles. The lowest BCUT2D eigenvalue weighted by molar-refractivity contribution is -0.0103. The molecule has 4 fully saturated rings. The van der Waals surface area contributed by atoms with Gasteiger partial charge in [0.15, 0.2) is 10.8 Å². The van der Waals surface area contributed by atoms with Gasteiger partial charge in [-0.05, 0) is 80.5 Å². The number of hydrogen-bond donors (Lipinski definition) is 0.